The van der Waals surface area contributed by atoms with E-state index in [1.807, 2.05) is 43.3 Å². The fourth-order valence-corrected chi connectivity index (χ4v) is 2.74. The number of anilines is 1. The molecule has 0 spiro atoms. The molecule has 1 aliphatic heterocycles. The Labute approximate surface area is 176 Å². The lowest BCUT2D eigenvalue weighted by Crippen LogP contribution is -2.42. The number of nitrogens with zero attached hydrogens (tertiary/aromatic N) is 2. The van der Waals surface area contributed by atoms with Crippen molar-refractivity contribution >= 4 is 41.5 Å². The molecule has 2 aromatic rings. The second kappa shape index (κ2) is 10.8. The van der Waals surface area contributed by atoms with E-state index in [0.29, 0.717) is 19.6 Å². The standard InChI is InChI=1S/C19H24N4O3.HI/c1-2-20-19(22-13-15-7-5-12-25-15)21-10-6-11-23-16-8-3-4-9-17(16)26-14-18(23)24;/h3-5,7-9,12H,2,6,10-11,13-14H2,1H3,(H2,20,21,22);1H. The van der Waals surface area contributed by atoms with Gasteiger partial charge < -0.3 is 24.7 Å². The van der Waals surface area contributed by atoms with Crippen LogP contribution in [-0.4, -0.2) is 38.1 Å². The highest BCUT2D eigenvalue weighted by Gasteiger charge is 2.24. The molecule has 0 bridgehead atoms. The Morgan fingerprint density at radius 3 is 2.85 bits per heavy atom. The van der Waals surface area contributed by atoms with Gasteiger partial charge in [-0.1, -0.05) is 12.1 Å². The second-order valence-electron chi connectivity index (χ2n) is 5.86. The molecule has 1 aromatic heterocycles. The summed E-state index contributed by atoms with van der Waals surface area (Å²) in [6.45, 7) is 4.71. The van der Waals surface area contributed by atoms with Gasteiger partial charge in [0.25, 0.3) is 5.91 Å². The number of halogens is 1. The first-order valence-electron chi connectivity index (χ1n) is 8.84. The first-order valence-corrected chi connectivity index (χ1v) is 8.84. The van der Waals surface area contributed by atoms with Crippen molar-refractivity contribution < 1.29 is 13.9 Å². The molecule has 1 aliphatic rings. The molecule has 0 saturated carbocycles. The number of amides is 1. The van der Waals surface area contributed by atoms with E-state index >= 15 is 0 Å². The highest BCUT2D eigenvalue weighted by Crippen LogP contribution is 2.31. The summed E-state index contributed by atoms with van der Waals surface area (Å²) in [5, 5.41) is 6.49. The van der Waals surface area contributed by atoms with Crippen LogP contribution in [0.15, 0.2) is 52.1 Å². The first kappa shape index (κ1) is 21.1. The third-order valence-corrected chi connectivity index (χ3v) is 3.98. The monoisotopic (exact) mass is 484 g/mol. The summed E-state index contributed by atoms with van der Waals surface area (Å²) in [5.41, 5.74) is 0.835. The van der Waals surface area contributed by atoms with E-state index in [2.05, 4.69) is 15.6 Å². The van der Waals surface area contributed by atoms with Gasteiger partial charge >= 0.3 is 0 Å². The molecule has 27 heavy (non-hydrogen) atoms. The van der Waals surface area contributed by atoms with Crippen LogP contribution in [0.25, 0.3) is 0 Å². The Bertz CT molecular complexity index is 749. The zero-order valence-electron chi connectivity index (χ0n) is 15.3. The van der Waals surface area contributed by atoms with Crippen molar-refractivity contribution in [2.75, 3.05) is 31.1 Å². The molecular formula is C19H25IN4O3. The van der Waals surface area contributed by atoms with E-state index in [0.717, 1.165) is 36.1 Å². The zero-order valence-corrected chi connectivity index (χ0v) is 17.6. The van der Waals surface area contributed by atoms with E-state index in [1.54, 1.807) is 11.2 Å². The number of benzene rings is 1. The van der Waals surface area contributed by atoms with Gasteiger partial charge in [0.05, 0.1) is 12.0 Å². The summed E-state index contributed by atoms with van der Waals surface area (Å²) in [6, 6.07) is 11.4. The number of carbonyl (C=O) groups is 1. The summed E-state index contributed by atoms with van der Waals surface area (Å²) >= 11 is 0. The number of hydrogen-bond acceptors (Lipinski definition) is 4. The van der Waals surface area contributed by atoms with Gasteiger partial charge in [0.2, 0.25) is 0 Å². The predicted molar refractivity (Wildman–Crippen MR) is 116 cm³/mol. The Kier molecular flexibility index (Phi) is 8.43. The third kappa shape index (κ3) is 5.88. The van der Waals surface area contributed by atoms with Gasteiger partial charge in [-0.3, -0.25) is 4.79 Å². The second-order valence-corrected chi connectivity index (χ2v) is 5.86. The number of nitrogens with one attached hydrogen (secondary N) is 2. The van der Waals surface area contributed by atoms with Crippen LogP contribution < -0.4 is 20.3 Å². The molecule has 0 fully saturated rings. The lowest BCUT2D eigenvalue weighted by Gasteiger charge is -2.29. The molecule has 2 N–H and O–H groups in total. The lowest BCUT2D eigenvalue weighted by molar-refractivity contribution is -0.121. The fourth-order valence-electron chi connectivity index (χ4n) is 2.74. The number of hydrogen-bond donors (Lipinski definition) is 2. The topological polar surface area (TPSA) is 79.1 Å². The van der Waals surface area contributed by atoms with Gasteiger partial charge in [0, 0.05) is 19.6 Å². The van der Waals surface area contributed by atoms with Crippen LogP contribution in [0.4, 0.5) is 5.69 Å². The molecule has 7 nitrogen and oxygen atoms in total. The zero-order chi connectivity index (χ0) is 18.2. The number of furan rings is 1. The SMILES string of the molecule is CCNC(=NCc1ccco1)NCCCN1C(=O)COc2ccccc21.I. The molecule has 8 heteroatoms. The van der Waals surface area contributed by atoms with Crippen molar-refractivity contribution in [1.82, 2.24) is 10.6 Å². The fraction of sp³-hybridized carbons (Fsp3) is 0.368. The Balaban J connectivity index is 0.00000261. The Morgan fingerprint density at radius 1 is 1.22 bits per heavy atom. The minimum Gasteiger partial charge on any atom is -0.482 e. The summed E-state index contributed by atoms with van der Waals surface area (Å²) in [7, 11) is 0. The quantitative estimate of drug-likeness (QED) is 0.274. The summed E-state index contributed by atoms with van der Waals surface area (Å²) in [4.78, 5) is 18.4. The van der Waals surface area contributed by atoms with E-state index < -0.39 is 0 Å². The number of para-hydroxylation sites is 2. The highest BCUT2D eigenvalue weighted by molar-refractivity contribution is 14.0. The molecule has 0 saturated heterocycles. The molecule has 2 heterocycles. The minimum absolute atomic E-state index is 0. The average molecular weight is 484 g/mol. The third-order valence-electron chi connectivity index (χ3n) is 3.98. The molecule has 0 aliphatic carbocycles. The van der Waals surface area contributed by atoms with Gasteiger partial charge in [-0.25, -0.2) is 4.99 Å². The molecule has 146 valence electrons. The Hall–Kier alpha value is -2.23. The largest absolute Gasteiger partial charge is 0.482 e. The maximum atomic E-state index is 12.2. The number of fused-ring (bicyclic) bond motifs is 1. The van der Waals surface area contributed by atoms with Gasteiger partial charge in [-0.2, -0.15) is 0 Å². The van der Waals surface area contributed by atoms with Crippen LogP contribution in [0.1, 0.15) is 19.1 Å². The first-order chi connectivity index (χ1) is 12.8. The molecule has 0 radical (unpaired) electrons. The van der Waals surface area contributed by atoms with Crippen LogP contribution in [0.3, 0.4) is 0 Å². The van der Waals surface area contributed by atoms with Crippen LogP contribution >= 0.6 is 24.0 Å². The minimum atomic E-state index is -0.0120. The molecule has 3 rings (SSSR count). The van der Waals surface area contributed by atoms with E-state index in [4.69, 9.17) is 9.15 Å². The maximum absolute atomic E-state index is 12.2. The van der Waals surface area contributed by atoms with Gasteiger partial charge in [-0.15, -0.1) is 24.0 Å². The van der Waals surface area contributed by atoms with Crippen molar-refractivity contribution in [1.29, 1.82) is 0 Å². The smallest absolute Gasteiger partial charge is 0.265 e. The number of rotatable bonds is 7. The number of guanidine groups is 1. The van der Waals surface area contributed by atoms with Crippen LogP contribution in [0, 0.1) is 0 Å². The predicted octanol–water partition coefficient (Wildman–Crippen LogP) is 2.77. The van der Waals surface area contributed by atoms with Gasteiger partial charge in [-0.05, 0) is 37.6 Å². The average Bonchev–Trinajstić information content (AvgIpc) is 3.18. The van der Waals surface area contributed by atoms with Gasteiger partial charge in [0.1, 0.15) is 18.1 Å². The van der Waals surface area contributed by atoms with Crippen molar-refractivity contribution in [3.63, 3.8) is 0 Å². The van der Waals surface area contributed by atoms with Crippen LogP contribution in [0.5, 0.6) is 5.75 Å². The van der Waals surface area contributed by atoms with E-state index in [-0.39, 0.29) is 36.5 Å². The van der Waals surface area contributed by atoms with E-state index in [1.165, 1.54) is 0 Å². The van der Waals surface area contributed by atoms with Gasteiger partial charge in [0.15, 0.2) is 12.6 Å². The summed E-state index contributed by atoms with van der Waals surface area (Å²) in [5.74, 6) is 2.30. The van der Waals surface area contributed by atoms with E-state index in [9.17, 15) is 4.79 Å². The normalized spacial score (nSPS) is 13.4. The summed E-state index contributed by atoms with van der Waals surface area (Å²) < 4.78 is 10.8. The van der Waals surface area contributed by atoms with Crippen molar-refractivity contribution in [3.8, 4) is 5.75 Å². The Morgan fingerprint density at radius 2 is 2.07 bits per heavy atom. The molecule has 1 amide bonds. The molecular weight excluding hydrogens is 459 g/mol. The van der Waals surface area contributed by atoms with Crippen molar-refractivity contribution in [3.05, 3.63) is 48.4 Å². The number of carbonyl (C=O) groups excluding carboxylic acids is 1. The van der Waals surface area contributed by atoms with Crippen molar-refractivity contribution in [2.24, 2.45) is 4.99 Å². The lowest BCUT2D eigenvalue weighted by atomic mass is 10.2. The molecule has 0 unspecified atom stereocenters. The number of ether oxygens (including phenoxy) is 1. The highest BCUT2D eigenvalue weighted by atomic mass is 127. The number of aliphatic imine (C=N–C) groups is 1. The summed E-state index contributed by atoms with van der Waals surface area (Å²) in [6.07, 6.45) is 2.44. The van der Waals surface area contributed by atoms with Crippen LogP contribution in [-0.2, 0) is 11.3 Å². The molecule has 0 atom stereocenters. The molecule has 1 aromatic carbocycles. The van der Waals surface area contributed by atoms with Crippen LogP contribution in [0.2, 0.25) is 0 Å². The maximum Gasteiger partial charge on any atom is 0.265 e. The van der Waals surface area contributed by atoms with Crippen molar-refractivity contribution in [2.45, 2.75) is 19.9 Å².